The van der Waals surface area contributed by atoms with Gasteiger partial charge in [-0.25, -0.2) is 9.59 Å². The smallest absolute Gasteiger partial charge is 0.342 e. The van der Waals surface area contributed by atoms with Crippen molar-refractivity contribution in [3.63, 3.8) is 0 Å². The topological polar surface area (TPSA) is 89.5 Å². The number of carbonyl (C=O) groups excluding carboxylic acids is 2. The SMILES string of the molecule is COCOc1c(C(=O)OC)c(C(=O)OC)c(-c2ccc(OC)c(OC)c2)c2sccc12. The Morgan fingerprint density at radius 2 is 1.55 bits per heavy atom. The fourth-order valence-electron chi connectivity index (χ4n) is 3.31. The van der Waals surface area contributed by atoms with Crippen LogP contribution in [-0.4, -0.2) is 54.3 Å². The minimum atomic E-state index is -0.735. The van der Waals surface area contributed by atoms with Crippen LogP contribution in [0.1, 0.15) is 20.7 Å². The van der Waals surface area contributed by atoms with E-state index in [0.717, 1.165) is 4.70 Å². The second-order valence-corrected chi connectivity index (χ2v) is 7.14. The van der Waals surface area contributed by atoms with Crippen LogP contribution in [0.15, 0.2) is 29.6 Å². The molecule has 164 valence electrons. The van der Waals surface area contributed by atoms with Gasteiger partial charge in [0.1, 0.15) is 11.3 Å². The number of hydrogen-bond donors (Lipinski definition) is 0. The van der Waals surface area contributed by atoms with Crippen molar-refractivity contribution in [1.82, 2.24) is 0 Å². The molecule has 3 aromatic rings. The molecule has 0 radical (unpaired) electrons. The molecule has 0 bridgehead atoms. The number of hydrogen-bond acceptors (Lipinski definition) is 9. The van der Waals surface area contributed by atoms with Crippen molar-refractivity contribution < 1.29 is 38.0 Å². The number of rotatable bonds is 8. The summed E-state index contributed by atoms with van der Waals surface area (Å²) in [6, 6.07) is 7.04. The van der Waals surface area contributed by atoms with Crippen molar-refractivity contribution in [2.45, 2.75) is 0 Å². The lowest BCUT2D eigenvalue weighted by atomic mass is 9.92. The van der Waals surface area contributed by atoms with E-state index in [9.17, 15) is 9.59 Å². The van der Waals surface area contributed by atoms with E-state index in [4.69, 9.17) is 28.4 Å². The first-order chi connectivity index (χ1) is 15.0. The highest BCUT2D eigenvalue weighted by molar-refractivity contribution is 7.18. The molecule has 9 heteroatoms. The van der Waals surface area contributed by atoms with Crippen LogP contribution < -0.4 is 14.2 Å². The number of esters is 2. The Labute approximate surface area is 183 Å². The Bertz CT molecular complexity index is 1120. The van der Waals surface area contributed by atoms with Gasteiger partial charge < -0.3 is 28.4 Å². The Hall–Kier alpha value is -3.30. The van der Waals surface area contributed by atoms with E-state index in [0.29, 0.717) is 28.0 Å². The summed E-state index contributed by atoms with van der Waals surface area (Å²) in [7, 11) is 6.99. The van der Waals surface area contributed by atoms with Crippen molar-refractivity contribution >= 4 is 33.4 Å². The summed E-state index contributed by atoms with van der Waals surface area (Å²) < 4.78 is 32.2. The molecule has 3 rings (SSSR count). The molecular formula is C22H22O8S. The monoisotopic (exact) mass is 446 g/mol. The zero-order valence-corrected chi connectivity index (χ0v) is 18.6. The predicted octanol–water partition coefficient (Wildman–Crippen LogP) is 4.14. The van der Waals surface area contributed by atoms with Gasteiger partial charge in [0.15, 0.2) is 18.3 Å². The van der Waals surface area contributed by atoms with Gasteiger partial charge in [-0.05, 0) is 29.1 Å². The summed E-state index contributed by atoms with van der Waals surface area (Å²) in [5.74, 6) is -0.250. The Balaban J connectivity index is 2.47. The zero-order valence-electron chi connectivity index (χ0n) is 17.8. The van der Waals surface area contributed by atoms with Crippen LogP contribution in [-0.2, 0) is 14.2 Å². The highest BCUT2D eigenvalue weighted by Gasteiger charge is 2.32. The van der Waals surface area contributed by atoms with Crippen molar-refractivity contribution in [3.05, 3.63) is 40.8 Å². The van der Waals surface area contributed by atoms with Gasteiger partial charge in [0.05, 0.1) is 34.0 Å². The van der Waals surface area contributed by atoms with Crippen LogP contribution in [0.25, 0.3) is 21.2 Å². The summed E-state index contributed by atoms with van der Waals surface area (Å²) in [5.41, 5.74) is 1.13. The molecule has 0 amide bonds. The molecule has 0 N–H and O–H groups in total. The van der Waals surface area contributed by atoms with Gasteiger partial charge >= 0.3 is 11.9 Å². The maximum Gasteiger partial charge on any atom is 0.342 e. The molecule has 0 unspecified atom stereocenters. The summed E-state index contributed by atoms with van der Waals surface area (Å²) in [6.45, 7) is -0.120. The zero-order chi connectivity index (χ0) is 22.5. The first kappa shape index (κ1) is 22.4. The Morgan fingerprint density at radius 3 is 2.16 bits per heavy atom. The van der Waals surface area contributed by atoms with E-state index in [1.807, 2.05) is 11.4 Å². The third-order valence-corrected chi connectivity index (χ3v) is 5.57. The van der Waals surface area contributed by atoms with Gasteiger partial charge in [0.25, 0.3) is 0 Å². The van der Waals surface area contributed by atoms with Crippen molar-refractivity contribution in [2.75, 3.05) is 42.3 Å². The molecule has 2 aromatic carbocycles. The average molecular weight is 446 g/mol. The number of fused-ring (bicyclic) bond motifs is 1. The van der Waals surface area contributed by atoms with E-state index >= 15 is 0 Å². The van der Waals surface area contributed by atoms with E-state index < -0.39 is 11.9 Å². The van der Waals surface area contributed by atoms with Gasteiger partial charge in [-0.2, -0.15) is 0 Å². The lowest BCUT2D eigenvalue weighted by molar-refractivity contribution is 0.0459. The lowest BCUT2D eigenvalue weighted by Gasteiger charge is -2.19. The quantitative estimate of drug-likeness (QED) is 0.377. The second-order valence-electron chi connectivity index (χ2n) is 6.22. The minimum absolute atomic E-state index is 0.0302. The average Bonchev–Trinajstić information content (AvgIpc) is 3.29. The van der Waals surface area contributed by atoms with E-state index in [2.05, 4.69) is 0 Å². The van der Waals surface area contributed by atoms with Gasteiger partial charge in [0.2, 0.25) is 0 Å². The first-order valence-electron chi connectivity index (χ1n) is 9.10. The van der Waals surface area contributed by atoms with Crippen molar-refractivity contribution in [2.24, 2.45) is 0 Å². The van der Waals surface area contributed by atoms with Crippen LogP contribution in [0, 0.1) is 0 Å². The Kier molecular flexibility index (Phi) is 6.98. The highest BCUT2D eigenvalue weighted by Crippen LogP contribution is 2.46. The van der Waals surface area contributed by atoms with Gasteiger partial charge in [-0.1, -0.05) is 6.07 Å². The number of benzene rings is 2. The summed E-state index contributed by atoms with van der Waals surface area (Å²) in [4.78, 5) is 25.8. The molecule has 0 aliphatic heterocycles. The van der Waals surface area contributed by atoms with Crippen molar-refractivity contribution in [1.29, 1.82) is 0 Å². The van der Waals surface area contributed by atoms with Crippen molar-refractivity contribution in [3.8, 4) is 28.4 Å². The first-order valence-corrected chi connectivity index (χ1v) is 9.98. The van der Waals surface area contributed by atoms with Crippen LogP contribution >= 0.6 is 11.3 Å². The molecule has 31 heavy (non-hydrogen) atoms. The number of thiophene rings is 1. The number of ether oxygens (including phenoxy) is 6. The molecule has 0 aliphatic rings. The molecule has 1 aromatic heterocycles. The predicted molar refractivity (Wildman–Crippen MR) is 116 cm³/mol. The van der Waals surface area contributed by atoms with Crippen LogP contribution in [0.3, 0.4) is 0 Å². The van der Waals surface area contributed by atoms with E-state index in [1.165, 1.54) is 46.9 Å². The van der Waals surface area contributed by atoms with Crippen LogP contribution in [0.5, 0.6) is 17.2 Å². The molecule has 0 aliphatic carbocycles. The summed E-state index contributed by atoms with van der Waals surface area (Å²) in [6.07, 6.45) is 0. The summed E-state index contributed by atoms with van der Waals surface area (Å²) in [5, 5.41) is 2.48. The Morgan fingerprint density at radius 1 is 0.871 bits per heavy atom. The largest absolute Gasteiger partial charge is 0.493 e. The lowest BCUT2D eigenvalue weighted by Crippen LogP contribution is -2.16. The van der Waals surface area contributed by atoms with Crippen LogP contribution in [0.4, 0.5) is 0 Å². The third kappa shape index (κ3) is 4.01. The number of carbonyl (C=O) groups is 2. The molecule has 0 atom stereocenters. The van der Waals surface area contributed by atoms with Gasteiger partial charge in [-0.15, -0.1) is 11.3 Å². The van der Waals surface area contributed by atoms with E-state index in [1.54, 1.807) is 18.2 Å². The molecule has 0 fully saturated rings. The maximum atomic E-state index is 12.9. The third-order valence-electron chi connectivity index (χ3n) is 4.64. The molecule has 0 saturated carbocycles. The minimum Gasteiger partial charge on any atom is -0.493 e. The second kappa shape index (κ2) is 9.67. The molecule has 1 heterocycles. The fraction of sp³-hybridized carbons (Fsp3) is 0.273. The normalized spacial score (nSPS) is 10.6. The standard InChI is InChI=1S/C22H22O8S/c1-25-11-30-19-13-8-9-31-20(13)16(12-6-7-14(26-2)15(10-12)27-3)17(21(23)28-4)18(19)22(24)29-5/h6-10H,11H2,1-5H3. The number of methoxy groups -OCH3 is 5. The molecule has 0 spiro atoms. The molecule has 0 saturated heterocycles. The highest BCUT2D eigenvalue weighted by atomic mass is 32.1. The van der Waals surface area contributed by atoms with Crippen LogP contribution in [0.2, 0.25) is 0 Å². The molecular weight excluding hydrogens is 424 g/mol. The van der Waals surface area contributed by atoms with Gasteiger partial charge in [-0.3, -0.25) is 0 Å². The van der Waals surface area contributed by atoms with E-state index in [-0.39, 0.29) is 23.7 Å². The summed E-state index contributed by atoms with van der Waals surface area (Å²) >= 11 is 1.40. The fourth-order valence-corrected chi connectivity index (χ4v) is 4.27. The molecule has 8 nitrogen and oxygen atoms in total. The van der Waals surface area contributed by atoms with Gasteiger partial charge in [0, 0.05) is 22.8 Å². The maximum absolute atomic E-state index is 12.9.